The van der Waals surface area contributed by atoms with Gasteiger partial charge in [-0.2, -0.15) is 11.8 Å². The quantitative estimate of drug-likeness (QED) is 0.835. The number of aromatic nitrogens is 1. The van der Waals surface area contributed by atoms with Crippen molar-refractivity contribution < 1.29 is 9.90 Å². The molecule has 94 valence electrons. The van der Waals surface area contributed by atoms with Crippen molar-refractivity contribution in [2.45, 2.75) is 6.92 Å². The number of carboxylic acids is 1. The number of nitrogens with zero attached hydrogens (tertiary/aromatic N) is 1. The van der Waals surface area contributed by atoms with E-state index in [0.717, 1.165) is 12.3 Å². The number of nitrogens with one attached hydrogen (secondary N) is 1. The Hall–Kier alpha value is -0.940. The molecule has 0 spiro atoms. The minimum absolute atomic E-state index is 0.0710. The van der Waals surface area contributed by atoms with Gasteiger partial charge in [0.1, 0.15) is 5.82 Å². The molecule has 0 aliphatic rings. The molecule has 1 rings (SSSR count). The van der Waals surface area contributed by atoms with E-state index in [1.807, 2.05) is 0 Å². The lowest BCUT2D eigenvalue weighted by Crippen LogP contribution is -2.14. The molecule has 1 unspecified atom stereocenters. The van der Waals surface area contributed by atoms with Gasteiger partial charge >= 0.3 is 5.97 Å². The second kappa shape index (κ2) is 6.71. The zero-order valence-corrected chi connectivity index (χ0v) is 11.3. The Morgan fingerprint density at radius 3 is 3.00 bits per heavy atom. The molecule has 1 atom stereocenters. The van der Waals surface area contributed by atoms with Crippen LogP contribution in [0.15, 0.2) is 12.3 Å². The summed E-state index contributed by atoms with van der Waals surface area (Å²) in [7, 11) is 0. The molecule has 6 heteroatoms. The standard InChI is InChI=1S/C11H15ClN2O2S/c1-7(6-17-2)4-13-10-3-8(11(15)16)9(12)5-14-10/h3,5,7H,4,6H2,1-2H3,(H,13,14)(H,15,16). The van der Waals surface area contributed by atoms with Gasteiger partial charge < -0.3 is 10.4 Å². The van der Waals surface area contributed by atoms with Crippen LogP contribution in [0, 0.1) is 5.92 Å². The molecule has 0 aliphatic carbocycles. The third-order valence-electron chi connectivity index (χ3n) is 2.17. The van der Waals surface area contributed by atoms with E-state index in [1.54, 1.807) is 11.8 Å². The van der Waals surface area contributed by atoms with Crippen LogP contribution < -0.4 is 5.32 Å². The third-order valence-corrected chi connectivity index (χ3v) is 3.37. The van der Waals surface area contributed by atoms with Gasteiger partial charge in [-0.25, -0.2) is 9.78 Å². The summed E-state index contributed by atoms with van der Waals surface area (Å²) in [5.41, 5.74) is 0.0710. The summed E-state index contributed by atoms with van der Waals surface area (Å²) in [4.78, 5) is 14.9. The number of pyridine rings is 1. The molecule has 0 saturated heterocycles. The Labute approximate surface area is 110 Å². The van der Waals surface area contributed by atoms with E-state index in [0.29, 0.717) is 11.7 Å². The van der Waals surface area contributed by atoms with Crippen molar-refractivity contribution in [3.8, 4) is 0 Å². The number of carbonyl (C=O) groups is 1. The van der Waals surface area contributed by atoms with E-state index < -0.39 is 5.97 Å². The highest BCUT2D eigenvalue weighted by molar-refractivity contribution is 7.98. The Bertz CT molecular complexity index is 401. The SMILES string of the molecule is CSCC(C)CNc1cc(C(=O)O)c(Cl)cn1. The topological polar surface area (TPSA) is 62.2 Å². The van der Waals surface area contributed by atoms with Gasteiger partial charge in [0.25, 0.3) is 0 Å². The van der Waals surface area contributed by atoms with Crippen LogP contribution >= 0.6 is 23.4 Å². The average Bonchev–Trinajstić information content (AvgIpc) is 2.28. The van der Waals surface area contributed by atoms with Crippen LogP contribution in [-0.2, 0) is 0 Å². The van der Waals surface area contributed by atoms with Crippen molar-refractivity contribution >= 4 is 35.1 Å². The maximum absolute atomic E-state index is 10.9. The number of hydrogen-bond donors (Lipinski definition) is 2. The Balaban J connectivity index is 2.66. The second-order valence-electron chi connectivity index (χ2n) is 3.80. The second-order valence-corrected chi connectivity index (χ2v) is 5.11. The number of carboxylic acid groups (broad SMARTS) is 1. The molecule has 2 N–H and O–H groups in total. The number of anilines is 1. The molecule has 0 radical (unpaired) electrons. The molecule has 1 aromatic heterocycles. The molecule has 0 aliphatic heterocycles. The van der Waals surface area contributed by atoms with E-state index in [2.05, 4.69) is 23.5 Å². The fraction of sp³-hybridized carbons (Fsp3) is 0.455. The maximum Gasteiger partial charge on any atom is 0.337 e. The van der Waals surface area contributed by atoms with Crippen molar-refractivity contribution in [2.75, 3.05) is 23.9 Å². The van der Waals surface area contributed by atoms with Gasteiger partial charge in [-0.05, 0) is 24.0 Å². The molecule has 17 heavy (non-hydrogen) atoms. The van der Waals surface area contributed by atoms with E-state index in [-0.39, 0.29) is 10.6 Å². The van der Waals surface area contributed by atoms with Crippen molar-refractivity contribution in [2.24, 2.45) is 5.92 Å². The Morgan fingerprint density at radius 2 is 2.41 bits per heavy atom. The Morgan fingerprint density at radius 1 is 1.71 bits per heavy atom. The van der Waals surface area contributed by atoms with E-state index >= 15 is 0 Å². The number of halogens is 1. The van der Waals surface area contributed by atoms with Crippen LogP contribution in [0.5, 0.6) is 0 Å². The highest BCUT2D eigenvalue weighted by Gasteiger charge is 2.10. The van der Waals surface area contributed by atoms with Crippen LogP contribution in [-0.4, -0.2) is 34.6 Å². The van der Waals surface area contributed by atoms with Gasteiger partial charge in [0.15, 0.2) is 0 Å². The lowest BCUT2D eigenvalue weighted by molar-refractivity contribution is 0.0697. The number of aromatic carboxylic acids is 1. The smallest absolute Gasteiger partial charge is 0.337 e. The van der Waals surface area contributed by atoms with Gasteiger partial charge in [-0.15, -0.1) is 0 Å². The largest absolute Gasteiger partial charge is 0.478 e. The summed E-state index contributed by atoms with van der Waals surface area (Å²) in [5.74, 6) is 1.04. The van der Waals surface area contributed by atoms with Crippen molar-refractivity contribution in [3.63, 3.8) is 0 Å². The van der Waals surface area contributed by atoms with Gasteiger partial charge in [0.2, 0.25) is 0 Å². The molecular formula is C11H15ClN2O2S. The van der Waals surface area contributed by atoms with Crippen LogP contribution in [0.4, 0.5) is 5.82 Å². The fourth-order valence-corrected chi connectivity index (χ4v) is 2.19. The average molecular weight is 275 g/mol. The minimum Gasteiger partial charge on any atom is -0.478 e. The maximum atomic E-state index is 10.9. The summed E-state index contributed by atoms with van der Waals surface area (Å²) >= 11 is 7.51. The zero-order chi connectivity index (χ0) is 12.8. The molecule has 1 aromatic rings. The minimum atomic E-state index is -1.04. The van der Waals surface area contributed by atoms with E-state index in [1.165, 1.54) is 12.3 Å². The lowest BCUT2D eigenvalue weighted by atomic mass is 10.2. The Kier molecular flexibility index (Phi) is 5.58. The predicted octanol–water partition coefficient (Wildman–Crippen LogP) is 2.84. The molecular weight excluding hydrogens is 260 g/mol. The third kappa shape index (κ3) is 4.44. The van der Waals surface area contributed by atoms with Gasteiger partial charge in [0.05, 0.1) is 10.6 Å². The highest BCUT2D eigenvalue weighted by atomic mass is 35.5. The predicted molar refractivity (Wildman–Crippen MR) is 72.2 cm³/mol. The summed E-state index contributed by atoms with van der Waals surface area (Å²) in [6, 6.07) is 1.45. The fourth-order valence-electron chi connectivity index (χ4n) is 1.32. The number of rotatable bonds is 6. The summed E-state index contributed by atoms with van der Waals surface area (Å²) < 4.78 is 0. The van der Waals surface area contributed by atoms with Crippen molar-refractivity contribution in [1.82, 2.24) is 4.98 Å². The first-order valence-electron chi connectivity index (χ1n) is 5.16. The van der Waals surface area contributed by atoms with Crippen molar-refractivity contribution in [1.29, 1.82) is 0 Å². The van der Waals surface area contributed by atoms with Gasteiger partial charge in [0, 0.05) is 12.7 Å². The molecule has 0 amide bonds. The summed E-state index contributed by atoms with van der Waals surface area (Å²) in [6.45, 7) is 2.88. The molecule has 1 heterocycles. The summed E-state index contributed by atoms with van der Waals surface area (Å²) in [5, 5.41) is 12.2. The molecule has 0 saturated carbocycles. The normalized spacial score (nSPS) is 12.2. The molecule has 4 nitrogen and oxygen atoms in total. The van der Waals surface area contributed by atoms with E-state index in [9.17, 15) is 4.79 Å². The molecule has 0 aromatic carbocycles. The van der Waals surface area contributed by atoms with Crippen molar-refractivity contribution in [3.05, 3.63) is 22.8 Å². The highest BCUT2D eigenvalue weighted by Crippen LogP contribution is 2.18. The van der Waals surface area contributed by atoms with E-state index in [4.69, 9.17) is 16.7 Å². The van der Waals surface area contributed by atoms with Crippen LogP contribution in [0.3, 0.4) is 0 Å². The van der Waals surface area contributed by atoms with Crippen LogP contribution in [0.25, 0.3) is 0 Å². The van der Waals surface area contributed by atoms with Crippen LogP contribution in [0.1, 0.15) is 17.3 Å². The number of hydrogen-bond acceptors (Lipinski definition) is 4. The van der Waals surface area contributed by atoms with Crippen LogP contribution in [0.2, 0.25) is 5.02 Å². The van der Waals surface area contributed by atoms with Gasteiger partial charge in [-0.1, -0.05) is 18.5 Å². The molecule has 0 bridgehead atoms. The lowest BCUT2D eigenvalue weighted by Gasteiger charge is -2.12. The van der Waals surface area contributed by atoms with Gasteiger partial charge in [-0.3, -0.25) is 0 Å². The first kappa shape index (κ1) is 14.1. The first-order chi connectivity index (χ1) is 8.04. The zero-order valence-electron chi connectivity index (χ0n) is 9.74. The summed E-state index contributed by atoms with van der Waals surface area (Å²) in [6.07, 6.45) is 3.41. The molecule has 0 fully saturated rings. The number of thioether (sulfide) groups is 1. The first-order valence-corrected chi connectivity index (χ1v) is 6.93. The monoisotopic (exact) mass is 274 g/mol.